The number of hydrogen-bond acceptors (Lipinski definition) is 3. The van der Waals surface area contributed by atoms with Crippen LogP contribution in [0.4, 0.5) is 5.69 Å². The van der Waals surface area contributed by atoms with Gasteiger partial charge in [0.25, 0.3) is 0 Å². The Labute approximate surface area is 107 Å². The highest BCUT2D eigenvalue weighted by Crippen LogP contribution is 2.14. The Bertz CT molecular complexity index is 537. The molecule has 1 N–H and O–H groups in total. The molecule has 4 heteroatoms. The molecule has 2 rings (SSSR count). The quantitative estimate of drug-likeness (QED) is 0.817. The number of anilines is 1. The molecule has 0 atom stereocenters. The maximum Gasteiger partial charge on any atom is 0.0994 e. The van der Waals surface area contributed by atoms with E-state index in [-0.39, 0.29) is 0 Å². The van der Waals surface area contributed by atoms with Crippen LogP contribution in [0.5, 0.6) is 0 Å². The van der Waals surface area contributed by atoms with Gasteiger partial charge in [0.05, 0.1) is 18.0 Å². The minimum atomic E-state index is 0.735. The van der Waals surface area contributed by atoms with E-state index in [0.29, 0.717) is 0 Å². The molecule has 2 aromatic rings. The molecule has 4 nitrogen and oxygen atoms in total. The van der Waals surface area contributed by atoms with Crippen LogP contribution >= 0.6 is 0 Å². The summed E-state index contributed by atoms with van der Waals surface area (Å²) in [5, 5.41) is 12.2. The van der Waals surface area contributed by atoms with E-state index < -0.39 is 0 Å². The van der Waals surface area contributed by atoms with Gasteiger partial charge >= 0.3 is 0 Å². The molecule has 0 radical (unpaired) electrons. The molecule has 0 aliphatic rings. The van der Waals surface area contributed by atoms with Crippen molar-refractivity contribution >= 4 is 5.69 Å². The van der Waals surface area contributed by atoms with Crippen LogP contribution in [0.3, 0.4) is 0 Å². The Morgan fingerprint density at radius 2 is 2.33 bits per heavy atom. The molecule has 1 aromatic heterocycles. The van der Waals surface area contributed by atoms with Crippen molar-refractivity contribution in [2.45, 2.75) is 19.9 Å². The van der Waals surface area contributed by atoms with Crippen molar-refractivity contribution < 1.29 is 0 Å². The monoisotopic (exact) mass is 240 g/mol. The third-order valence-corrected chi connectivity index (χ3v) is 2.83. The first kappa shape index (κ1) is 12.2. The maximum atomic E-state index is 8.85. The minimum absolute atomic E-state index is 0.735. The first-order chi connectivity index (χ1) is 8.79. The molecule has 0 saturated heterocycles. The van der Waals surface area contributed by atoms with Gasteiger partial charge in [-0.05, 0) is 37.1 Å². The van der Waals surface area contributed by atoms with E-state index in [2.05, 4.69) is 20.9 Å². The normalized spacial score (nSPS) is 10.0. The average molecular weight is 240 g/mol. The summed E-state index contributed by atoms with van der Waals surface area (Å²) in [6.07, 6.45) is 6.62. The van der Waals surface area contributed by atoms with Gasteiger partial charge in [-0.2, -0.15) is 5.26 Å². The summed E-state index contributed by atoms with van der Waals surface area (Å²) >= 11 is 0. The molecule has 0 bridgehead atoms. The van der Waals surface area contributed by atoms with E-state index in [4.69, 9.17) is 5.26 Å². The number of rotatable bonds is 5. The van der Waals surface area contributed by atoms with Gasteiger partial charge < -0.3 is 9.88 Å². The number of imidazole rings is 1. The van der Waals surface area contributed by atoms with Crippen LogP contribution in [-0.4, -0.2) is 16.1 Å². The first-order valence-electron chi connectivity index (χ1n) is 6.00. The van der Waals surface area contributed by atoms with E-state index in [0.717, 1.165) is 36.3 Å². The molecule has 0 saturated carbocycles. The summed E-state index contributed by atoms with van der Waals surface area (Å²) in [5.41, 5.74) is 2.81. The Morgan fingerprint density at radius 1 is 1.44 bits per heavy atom. The summed E-state index contributed by atoms with van der Waals surface area (Å²) in [7, 11) is 0. The van der Waals surface area contributed by atoms with Gasteiger partial charge in [-0.1, -0.05) is 0 Å². The van der Waals surface area contributed by atoms with Crippen LogP contribution < -0.4 is 5.32 Å². The number of nitrogens with zero attached hydrogens (tertiary/aromatic N) is 3. The van der Waals surface area contributed by atoms with Crippen LogP contribution in [0.15, 0.2) is 36.9 Å². The molecule has 1 heterocycles. The van der Waals surface area contributed by atoms with Gasteiger partial charge in [-0.25, -0.2) is 4.98 Å². The summed E-state index contributed by atoms with van der Waals surface area (Å²) in [5.74, 6) is 0. The van der Waals surface area contributed by atoms with Gasteiger partial charge in [0.1, 0.15) is 0 Å². The van der Waals surface area contributed by atoms with Crippen molar-refractivity contribution in [2.75, 3.05) is 11.9 Å². The van der Waals surface area contributed by atoms with Gasteiger partial charge in [-0.15, -0.1) is 0 Å². The lowest BCUT2D eigenvalue weighted by Gasteiger charge is -2.08. The zero-order valence-corrected chi connectivity index (χ0v) is 10.4. The second-order valence-corrected chi connectivity index (χ2v) is 4.22. The second-order valence-electron chi connectivity index (χ2n) is 4.22. The Kier molecular flexibility index (Phi) is 3.98. The number of hydrogen-bond donors (Lipinski definition) is 1. The smallest absolute Gasteiger partial charge is 0.0994 e. The molecule has 1 aromatic carbocycles. The summed E-state index contributed by atoms with van der Waals surface area (Å²) in [6, 6.07) is 7.98. The zero-order chi connectivity index (χ0) is 12.8. The van der Waals surface area contributed by atoms with Crippen LogP contribution in [-0.2, 0) is 6.54 Å². The number of aryl methyl sites for hydroxylation is 2. The lowest BCUT2D eigenvalue weighted by atomic mass is 10.1. The fraction of sp³-hybridized carbons (Fsp3) is 0.286. The SMILES string of the molecule is Cc1cc(NCCCn2ccnc2)ccc1C#N. The highest BCUT2D eigenvalue weighted by atomic mass is 15.0. The van der Waals surface area contributed by atoms with Gasteiger partial charge in [0.2, 0.25) is 0 Å². The number of benzene rings is 1. The number of nitrogens with one attached hydrogen (secondary N) is 1. The molecule has 0 amide bonds. The molecule has 0 unspecified atom stereocenters. The number of aromatic nitrogens is 2. The highest BCUT2D eigenvalue weighted by Gasteiger charge is 1.98. The second kappa shape index (κ2) is 5.87. The first-order valence-corrected chi connectivity index (χ1v) is 6.00. The van der Waals surface area contributed by atoms with Crippen molar-refractivity contribution in [3.63, 3.8) is 0 Å². The predicted octanol–water partition coefficient (Wildman–Crippen LogP) is 2.57. The molecule has 92 valence electrons. The van der Waals surface area contributed by atoms with Gasteiger partial charge in [0.15, 0.2) is 0 Å². The molecular formula is C14H16N4. The lowest BCUT2D eigenvalue weighted by Crippen LogP contribution is -2.05. The van der Waals surface area contributed by atoms with E-state index in [9.17, 15) is 0 Å². The van der Waals surface area contributed by atoms with Crippen molar-refractivity contribution in [1.82, 2.24) is 9.55 Å². The topological polar surface area (TPSA) is 53.6 Å². The summed E-state index contributed by atoms with van der Waals surface area (Å²) < 4.78 is 2.06. The standard InChI is InChI=1S/C14H16N4/c1-12-9-14(4-3-13(12)10-15)17-5-2-7-18-8-6-16-11-18/h3-4,6,8-9,11,17H,2,5,7H2,1H3. The van der Waals surface area contributed by atoms with Gasteiger partial charge in [0, 0.05) is 31.2 Å². The Hall–Kier alpha value is -2.28. The molecule has 0 spiro atoms. The van der Waals surface area contributed by atoms with Crippen molar-refractivity contribution in [1.29, 1.82) is 5.26 Å². The van der Waals surface area contributed by atoms with Crippen LogP contribution in [0.2, 0.25) is 0 Å². The molecular weight excluding hydrogens is 224 g/mol. The third kappa shape index (κ3) is 3.11. The average Bonchev–Trinajstić information content (AvgIpc) is 2.88. The summed E-state index contributed by atoms with van der Waals surface area (Å²) in [6.45, 7) is 3.82. The van der Waals surface area contributed by atoms with Crippen LogP contribution in [0.25, 0.3) is 0 Å². The van der Waals surface area contributed by atoms with Gasteiger partial charge in [-0.3, -0.25) is 0 Å². The Morgan fingerprint density at radius 3 is 3.00 bits per heavy atom. The highest BCUT2D eigenvalue weighted by molar-refractivity contribution is 5.51. The van der Waals surface area contributed by atoms with Crippen molar-refractivity contribution in [2.24, 2.45) is 0 Å². The summed E-state index contributed by atoms with van der Waals surface area (Å²) in [4.78, 5) is 4.00. The number of nitriles is 1. The van der Waals surface area contributed by atoms with Crippen molar-refractivity contribution in [3.05, 3.63) is 48.0 Å². The largest absolute Gasteiger partial charge is 0.385 e. The maximum absolute atomic E-state index is 8.85. The molecule has 0 aliphatic heterocycles. The van der Waals surface area contributed by atoms with Crippen molar-refractivity contribution in [3.8, 4) is 6.07 Å². The van der Waals surface area contributed by atoms with E-state index in [1.165, 1.54) is 0 Å². The molecule has 0 fully saturated rings. The molecule has 0 aliphatic carbocycles. The third-order valence-electron chi connectivity index (χ3n) is 2.83. The minimum Gasteiger partial charge on any atom is -0.385 e. The predicted molar refractivity (Wildman–Crippen MR) is 71.2 cm³/mol. The fourth-order valence-corrected chi connectivity index (χ4v) is 1.81. The van der Waals surface area contributed by atoms with E-state index in [1.54, 1.807) is 6.20 Å². The Balaban J connectivity index is 1.80. The van der Waals surface area contributed by atoms with Crippen LogP contribution in [0.1, 0.15) is 17.5 Å². The van der Waals surface area contributed by atoms with E-state index in [1.807, 2.05) is 37.6 Å². The zero-order valence-electron chi connectivity index (χ0n) is 10.4. The lowest BCUT2D eigenvalue weighted by molar-refractivity contribution is 0.661. The van der Waals surface area contributed by atoms with E-state index >= 15 is 0 Å². The molecule has 18 heavy (non-hydrogen) atoms. The van der Waals surface area contributed by atoms with Crippen LogP contribution in [0, 0.1) is 18.3 Å². The fourth-order valence-electron chi connectivity index (χ4n) is 1.81.